The SMILES string of the molecule is Cn1ccnc1CNC1CC(c2ccccc2Br)C1. The van der Waals surface area contributed by atoms with Crippen molar-refractivity contribution in [3.05, 3.63) is 52.5 Å². The van der Waals surface area contributed by atoms with Crippen molar-refractivity contribution >= 4 is 15.9 Å². The molecule has 19 heavy (non-hydrogen) atoms. The van der Waals surface area contributed by atoms with E-state index in [1.807, 2.05) is 19.4 Å². The molecule has 1 aliphatic rings. The molecule has 0 spiro atoms. The minimum Gasteiger partial charge on any atom is -0.337 e. The van der Waals surface area contributed by atoms with Gasteiger partial charge < -0.3 is 9.88 Å². The number of benzene rings is 1. The summed E-state index contributed by atoms with van der Waals surface area (Å²) in [4.78, 5) is 4.33. The summed E-state index contributed by atoms with van der Waals surface area (Å²) in [7, 11) is 2.04. The Morgan fingerprint density at radius 1 is 1.37 bits per heavy atom. The molecule has 1 saturated carbocycles. The van der Waals surface area contributed by atoms with E-state index >= 15 is 0 Å². The van der Waals surface area contributed by atoms with Crippen LogP contribution >= 0.6 is 15.9 Å². The van der Waals surface area contributed by atoms with E-state index in [0.29, 0.717) is 12.0 Å². The molecule has 0 atom stereocenters. The molecular formula is C15H18BrN3. The third-order valence-electron chi connectivity index (χ3n) is 3.95. The molecule has 0 bridgehead atoms. The first-order valence-electron chi connectivity index (χ1n) is 6.68. The number of aromatic nitrogens is 2. The van der Waals surface area contributed by atoms with Crippen LogP contribution < -0.4 is 5.32 Å². The second-order valence-corrected chi connectivity index (χ2v) is 6.08. The predicted octanol–water partition coefficient (Wildman–Crippen LogP) is 3.22. The van der Waals surface area contributed by atoms with Crippen LogP contribution in [0, 0.1) is 0 Å². The summed E-state index contributed by atoms with van der Waals surface area (Å²) in [6.45, 7) is 0.858. The van der Waals surface area contributed by atoms with Crippen molar-refractivity contribution < 1.29 is 0 Å². The Balaban J connectivity index is 1.51. The molecule has 0 radical (unpaired) electrons. The molecule has 4 heteroatoms. The summed E-state index contributed by atoms with van der Waals surface area (Å²) >= 11 is 3.64. The molecule has 2 aromatic rings. The fourth-order valence-electron chi connectivity index (χ4n) is 2.65. The number of rotatable bonds is 4. The highest BCUT2D eigenvalue weighted by atomic mass is 79.9. The molecule has 1 N–H and O–H groups in total. The molecule has 1 fully saturated rings. The highest BCUT2D eigenvalue weighted by molar-refractivity contribution is 9.10. The Kier molecular flexibility index (Phi) is 3.71. The van der Waals surface area contributed by atoms with Gasteiger partial charge in [-0.2, -0.15) is 0 Å². The first-order valence-corrected chi connectivity index (χ1v) is 7.47. The van der Waals surface area contributed by atoms with Gasteiger partial charge in [-0.05, 0) is 30.4 Å². The Morgan fingerprint density at radius 2 is 2.16 bits per heavy atom. The summed E-state index contributed by atoms with van der Waals surface area (Å²) in [5.41, 5.74) is 1.44. The second-order valence-electron chi connectivity index (χ2n) is 5.22. The van der Waals surface area contributed by atoms with E-state index in [1.165, 1.54) is 22.9 Å². The lowest BCUT2D eigenvalue weighted by Gasteiger charge is -2.36. The first-order chi connectivity index (χ1) is 9.24. The standard InChI is InChI=1S/C15H18BrN3/c1-19-7-6-17-15(19)10-18-12-8-11(9-12)13-4-2-3-5-14(13)16/h2-7,11-12,18H,8-10H2,1H3. The summed E-state index contributed by atoms with van der Waals surface area (Å²) in [6.07, 6.45) is 6.27. The third-order valence-corrected chi connectivity index (χ3v) is 4.68. The molecule has 1 aromatic heterocycles. The summed E-state index contributed by atoms with van der Waals surface area (Å²) in [6, 6.07) is 9.17. The maximum Gasteiger partial charge on any atom is 0.122 e. The summed E-state index contributed by atoms with van der Waals surface area (Å²) < 4.78 is 3.30. The lowest BCUT2D eigenvalue weighted by molar-refractivity contribution is 0.286. The van der Waals surface area contributed by atoms with Gasteiger partial charge in [0.15, 0.2) is 0 Å². The topological polar surface area (TPSA) is 29.9 Å². The number of nitrogens with zero attached hydrogens (tertiary/aromatic N) is 2. The average molecular weight is 320 g/mol. The molecule has 100 valence electrons. The second kappa shape index (κ2) is 5.47. The van der Waals surface area contributed by atoms with Crippen LogP contribution in [0.25, 0.3) is 0 Å². The van der Waals surface area contributed by atoms with E-state index < -0.39 is 0 Å². The van der Waals surface area contributed by atoms with Crippen LogP contribution in [0.3, 0.4) is 0 Å². The van der Waals surface area contributed by atoms with Crippen LogP contribution in [0.2, 0.25) is 0 Å². The van der Waals surface area contributed by atoms with Gasteiger partial charge in [0.1, 0.15) is 5.82 Å². The third kappa shape index (κ3) is 2.74. The van der Waals surface area contributed by atoms with Crippen molar-refractivity contribution in [1.29, 1.82) is 0 Å². The van der Waals surface area contributed by atoms with Crippen molar-refractivity contribution in [1.82, 2.24) is 14.9 Å². The number of imidazole rings is 1. The molecule has 3 nitrogen and oxygen atoms in total. The van der Waals surface area contributed by atoms with Gasteiger partial charge in [-0.3, -0.25) is 0 Å². The largest absolute Gasteiger partial charge is 0.337 e. The normalized spacial score (nSPS) is 22.2. The van der Waals surface area contributed by atoms with Gasteiger partial charge >= 0.3 is 0 Å². The zero-order valence-corrected chi connectivity index (χ0v) is 12.6. The van der Waals surface area contributed by atoms with E-state index in [0.717, 1.165) is 12.4 Å². The van der Waals surface area contributed by atoms with Crippen molar-refractivity contribution in [2.75, 3.05) is 0 Å². The molecule has 3 rings (SSSR count). The number of aryl methyl sites for hydroxylation is 1. The molecular weight excluding hydrogens is 302 g/mol. The van der Waals surface area contributed by atoms with E-state index in [2.05, 4.69) is 55.1 Å². The lowest BCUT2D eigenvalue weighted by Crippen LogP contribution is -2.40. The Labute approximate surface area is 122 Å². The maximum absolute atomic E-state index is 4.33. The highest BCUT2D eigenvalue weighted by Crippen LogP contribution is 2.39. The number of nitrogens with one attached hydrogen (secondary N) is 1. The fraction of sp³-hybridized carbons (Fsp3) is 0.400. The monoisotopic (exact) mass is 319 g/mol. The van der Waals surface area contributed by atoms with Gasteiger partial charge in [-0.25, -0.2) is 4.98 Å². The minimum atomic E-state index is 0.619. The summed E-state index contributed by atoms with van der Waals surface area (Å²) in [5.74, 6) is 1.79. The van der Waals surface area contributed by atoms with Gasteiger partial charge in [0.05, 0.1) is 6.54 Å². The first kappa shape index (κ1) is 12.9. The van der Waals surface area contributed by atoms with Crippen molar-refractivity contribution in [2.24, 2.45) is 7.05 Å². The smallest absolute Gasteiger partial charge is 0.122 e. The lowest BCUT2D eigenvalue weighted by atomic mass is 9.76. The van der Waals surface area contributed by atoms with E-state index in [1.54, 1.807) is 0 Å². The number of hydrogen-bond donors (Lipinski definition) is 1. The van der Waals surface area contributed by atoms with Crippen LogP contribution in [0.5, 0.6) is 0 Å². The van der Waals surface area contributed by atoms with Crippen molar-refractivity contribution in [2.45, 2.75) is 31.3 Å². The van der Waals surface area contributed by atoms with Gasteiger partial charge in [-0.1, -0.05) is 34.1 Å². The van der Waals surface area contributed by atoms with Gasteiger partial charge in [0.2, 0.25) is 0 Å². The molecule has 0 aliphatic heterocycles. The van der Waals surface area contributed by atoms with Gasteiger partial charge in [0, 0.05) is 30.0 Å². The maximum atomic E-state index is 4.33. The van der Waals surface area contributed by atoms with Crippen LogP contribution in [-0.2, 0) is 13.6 Å². The van der Waals surface area contributed by atoms with Crippen LogP contribution in [0.1, 0.15) is 30.1 Å². The predicted molar refractivity (Wildman–Crippen MR) is 80.0 cm³/mol. The van der Waals surface area contributed by atoms with Gasteiger partial charge in [0.25, 0.3) is 0 Å². The van der Waals surface area contributed by atoms with Crippen LogP contribution in [0.15, 0.2) is 41.1 Å². The fourth-order valence-corrected chi connectivity index (χ4v) is 3.26. The molecule has 1 aromatic carbocycles. The Hall–Kier alpha value is -1.13. The average Bonchev–Trinajstić information content (AvgIpc) is 2.75. The zero-order chi connectivity index (χ0) is 13.2. The Morgan fingerprint density at radius 3 is 2.84 bits per heavy atom. The molecule has 1 aliphatic carbocycles. The zero-order valence-electron chi connectivity index (χ0n) is 11.0. The van der Waals surface area contributed by atoms with Gasteiger partial charge in [-0.15, -0.1) is 0 Å². The molecule has 0 saturated heterocycles. The molecule has 0 unspecified atom stereocenters. The van der Waals surface area contributed by atoms with Crippen molar-refractivity contribution in [3.8, 4) is 0 Å². The number of halogens is 1. The Bertz CT molecular complexity index is 558. The summed E-state index contributed by atoms with van der Waals surface area (Å²) in [5, 5.41) is 3.58. The minimum absolute atomic E-state index is 0.619. The molecule has 0 amide bonds. The van der Waals surface area contributed by atoms with Crippen LogP contribution in [0.4, 0.5) is 0 Å². The van der Waals surface area contributed by atoms with E-state index in [4.69, 9.17) is 0 Å². The quantitative estimate of drug-likeness (QED) is 0.937. The molecule has 1 heterocycles. The highest BCUT2D eigenvalue weighted by Gasteiger charge is 2.30. The van der Waals surface area contributed by atoms with Crippen molar-refractivity contribution in [3.63, 3.8) is 0 Å². The van der Waals surface area contributed by atoms with E-state index in [-0.39, 0.29) is 0 Å². The van der Waals surface area contributed by atoms with E-state index in [9.17, 15) is 0 Å². The number of hydrogen-bond acceptors (Lipinski definition) is 2. The van der Waals surface area contributed by atoms with Crippen LogP contribution in [-0.4, -0.2) is 15.6 Å².